The maximum Gasteiger partial charge on any atom is 0.387 e. The summed E-state index contributed by atoms with van der Waals surface area (Å²) in [5.74, 6) is -2.02. The summed E-state index contributed by atoms with van der Waals surface area (Å²) in [7, 11) is 0. The van der Waals surface area contributed by atoms with E-state index in [1.807, 2.05) is 4.90 Å². The van der Waals surface area contributed by atoms with Crippen molar-refractivity contribution < 1.29 is 27.8 Å². The van der Waals surface area contributed by atoms with Gasteiger partial charge in [-0.25, -0.2) is 0 Å². The van der Waals surface area contributed by atoms with Crippen LogP contribution in [0.15, 0.2) is 16.6 Å². The Morgan fingerprint density at radius 2 is 2.12 bits per heavy atom. The molecule has 1 atom stereocenters. The summed E-state index contributed by atoms with van der Waals surface area (Å²) in [4.78, 5) is 26.6. The monoisotopic (exact) mass is 403 g/mol. The van der Waals surface area contributed by atoms with Gasteiger partial charge < -0.3 is 14.4 Å². The second kappa shape index (κ2) is 6.66. The van der Waals surface area contributed by atoms with Crippen LogP contribution in [0.25, 0.3) is 0 Å². The fourth-order valence-electron chi connectivity index (χ4n) is 2.93. The Morgan fingerprint density at radius 1 is 1.42 bits per heavy atom. The van der Waals surface area contributed by atoms with Gasteiger partial charge in [0.1, 0.15) is 5.92 Å². The van der Waals surface area contributed by atoms with Crippen LogP contribution in [0.1, 0.15) is 30.1 Å². The highest BCUT2D eigenvalue weighted by Crippen LogP contribution is 2.47. The minimum atomic E-state index is -3.01. The van der Waals surface area contributed by atoms with Gasteiger partial charge in [0, 0.05) is 18.2 Å². The minimum Gasteiger partial charge on any atom is -0.465 e. The van der Waals surface area contributed by atoms with Crippen LogP contribution in [-0.2, 0) is 9.53 Å². The minimum absolute atomic E-state index is 0.0648. The van der Waals surface area contributed by atoms with Gasteiger partial charge >= 0.3 is 12.6 Å². The molecule has 0 saturated heterocycles. The van der Waals surface area contributed by atoms with E-state index < -0.39 is 24.3 Å². The van der Waals surface area contributed by atoms with Crippen LogP contribution in [-0.4, -0.2) is 37.6 Å². The molecule has 24 heavy (non-hydrogen) atoms. The molecule has 8 heteroatoms. The summed E-state index contributed by atoms with van der Waals surface area (Å²) in [6, 6.07) is 3.12. The second-order valence-corrected chi connectivity index (χ2v) is 6.56. The SMILES string of the molecule is CCOC(=O)C1CN(C2CC2)c2c(ccc(Br)c2OC(F)F)C1=O. The number of hydrogen-bond acceptors (Lipinski definition) is 5. The van der Waals surface area contributed by atoms with Gasteiger partial charge in [0.15, 0.2) is 11.5 Å². The van der Waals surface area contributed by atoms with Crippen LogP contribution in [0.4, 0.5) is 14.5 Å². The van der Waals surface area contributed by atoms with E-state index in [9.17, 15) is 18.4 Å². The first kappa shape index (κ1) is 17.1. The van der Waals surface area contributed by atoms with Gasteiger partial charge in [-0.2, -0.15) is 8.78 Å². The molecule has 1 aromatic carbocycles. The van der Waals surface area contributed by atoms with E-state index in [4.69, 9.17) is 4.74 Å². The number of rotatable bonds is 5. The molecule has 1 aromatic rings. The number of anilines is 1. The molecule has 0 N–H and O–H groups in total. The van der Waals surface area contributed by atoms with Crippen molar-refractivity contribution in [2.45, 2.75) is 32.4 Å². The molecule has 0 bridgehead atoms. The maximum absolute atomic E-state index is 12.8. The number of fused-ring (bicyclic) bond motifs is 1. The van der Waals surface area contributed by atoms with E-state index in [2.05, 4.69) is 20.7 Å². The summed E-state index contributed by atoms with van der Waals surface area (Å²) in [6.07, 6.45) is 1.76. The van der Waals surface area contributed by atoms with Crippen molar-refractivity contribution in [1.82, 2.24) is 0 Å². The third kappa shape index (κ3) is 3.11. The lowest BCUT2D eigenvalue weighted by atomic mass is 9.90. The Kier molecular flexibility index (Phi) is 4.76. The van der Waals surface area contributed by atoms with Crippen molar-refractivity contribution in [1.29, 1.82) is 0 Å². The molecule has 0 spiro atoms. The van der Waals surface area contributed by atoms with Crippen molar-refractivity contribution >= 4 is 33.4 Å². The number of ketones is 1. The highest BCUT2D eigenvalue weighted by atomic mass is 79.9. The Hall–Kier alpha value is -1.70. The van der Waals surface area contributed by atoms with Gasteiger partial charge in [-0.3, -0.25) is 9.59 Å². The van der Waals surface area contributed by atoms with Crippen LogP contribution in [0.5, 0.6) is 5.75 Å². The first-order chi connectivity index (χ1) is 11.4. The molecule has 1 saturated carbocycles. The van der Waals surface area contributed by atoms with E-state index >= 15 is 0 Å². The average Bonchev–Trinajstić information content (AvgIpc) is 3.35. The zero-order chi connectivity index (χ0) is 17.4. The zero-order valence-electron chi connectivity index (χ0n) is 12.9. The fourth-order valence-corrected chi connectivity index (χ4v) is 3.35. The quantitative estimate of drug-likeness (QED) is 0.556. The van der Waals surface area contributed by atoms with Crippen molar-refractivity contribution in [2.75, 3.05) is 18.1 Å². The highest BCUT2D eigenvalue weighted by Gasteiger charge is 2.44. The second-order valence-electron chi connectivity index (χ2n) is 5.70. The first-order valence-electron chi connectivity index (χ1n) is 7.68. The number of carbonyl (C=O) groups is 2. The normalized spacial score (nSPS) is 20.1. The number of esters is 1. The maximum atomic E-state index is 12.8. The molecule has 1 aliphatic heterocycles. The lowest BCUT2D eigenvalue weighted by Gasteiger charge is -2.35. The lowest BCUT2D eigenvalue weighted by Crippen LogP contribution is -2.44. The summed E-state index contributed by atoms with van der Waals surface area (Å²) >= 11 is 3.20. The molecule has 1 aliphatic carbocycles. The molecular weight excluding hydrogens is 388 g/mol. The molecule has 1 heterocycles. The Morgan fingerprint density at radius 3 is 2.71 bits per heavy atom. The molecule has 0 radical (unpaired) electrons. The lowest BCUT2D eigenvalue weighted by molar-refractivity contribution is -0.146. The van der Waals surface area contributed by atoms with Gasteiger partial charge in [0.25, 0.3) is 0 Å². The number of Topliss-reactive ketones (excluding diaryl/α,β-unsaturated/α-hetero) is 1. The average molecular weight is 404 g/mol. The molecule has 3 rings (SSSR count). The van der Waals surface area contributed by atoms with E-state index in [1.54, 1.807) is 6.92 Å². The van der Waals surface area contributed by atoms with E-state index in [0.29, 0.717) is 10.2 Å². The number of alkyl halides is 2. The van der Waals surface area contributed by atoms with Crippen LogP contribution >= 0.6 is 15.9 Å². The molecule has 130 valence electrons. The Labute approximate surface area is 146 Å². The number of ether oxygens (including phenoxy) is 2. The summed E-state index contributed by atoms with van der Waals surface area (Å²) in [6.45, 7) is -1.04. The third-order valence-electron chi connectivity index (χ3n) is 4.10. The van der Waals surface area contributed by atoms with Gasteiger partial charge in [-0.05, 0) is 47.8 Å². The zero-order valence-corrected chi connectivity index (χ0v) is 14.5. The highest BCUT2D eigenvalue weighted by molar-refractivity contribution is 9.10. The number of halogens is 3. The molecule has 1 unspecified atom stereocenters. The topological polar surface area (TPSA) is 55.8 Å². The van der Waals surface area contributed by atoms with Gasteiger partial charge in [-0.1, -0.05) is 0 Å². The molecule has 0 amide bonds. The van der Waals surface area contributed by atoms with Crippen LogP contribution < -0.4 is 9.64 Å². The standard InChI is InChI=1S/C16H16BrF2NO4/c1-2-23-15(22)10-7-20(8-3-4-8)12-9(13(10)21)5-6-11(17)14(12)24-16(18)19/h5-6,8,10,16H,2-4,7H2,1H3. The van der Waals surface area contributed by atoms with Crippen LogP contribution in [0, 0.1) is 5.92 Å². The van der Waals surface area contributed by atoms with Crippen LogP contribution in [0.3, 0.4) is 0 Å². The molecule has 5 nitrogen and oxygen atoms in total. The summed E-state index contributed by atoms with van der Waals surface area (Å²) < 4.78 is 35.6. The number of hydrogen-bond donors (Lipinski definition) is 0. The summed E-state index contributed by atoms with van der Waals surface area (Å²) in [5.41, 5.74) is 0.544. The number of benzene rings is 1. The molecule has 2 aliphatic rings. The fraction of sp³-hybridized carbons (Fsp3) is 0.500. The van der Waals surface area contributed by atoms with Crippen LogP contribution in [0.2, 0.25) is 0 Å². The number of nitrogens with zero attached hydrogens (tertiary/aromatic N) is 1. The van der Waals surface area contributed by atoms with Crippen molar-refractivity contribution in [3.05, 3.63) is 22.2 Å². The van der Waals surface area contributed by atoms with Gasteiger partial charge in [0.05, 0.1) is 16.8 Å². The van der Waals surface area contributed by atoms with Gasteiger partial charge in [0.2, 0.25) is 0 Å². The van der Waals surface area contributed by atoms with E-state index in [0.717, 1.165) is 12.8 Å². The Balaban J connectivity index is 2.07. The van der Waals surface area contributed by atoms with Gasteiger partial charge in [-0.15, -0.1) is 0 Å². The smallest absolute Gasteiger partial charge is 0.387 e. The van der Waals surface area contributed by atoms with Crippen molar-refractivity contribution in [2.24, 2.45) is 5.92 Å². The van der Waals surface area contributed by atoms with E-state index in [-0.39, 0.29) is 30.5 Å². The van der Waals surface area contributed by atoms with Crippen molar-refractivity contribution in [3.8, 4) is 5.75 Å². The number of carbonyl (C=O) groups excluding carboxylic acids is 2. The predicted molar refractivity (Wildman–Crippen MR) is 85.6 cm³/mol. The Bertz CT molecular complexity index is 678. The first-order valence-corrected chi connectivity index (χ1v) is 8.48. The van der Waals surface area contributed by atoms with Crippen molar-refractivity contribution in [3.63, 3.8) is 0 Å². The summed E-state index contributed by atoms with van der Waals surface area (Å²) in [5, 5.41) is 0. The molecular formula is C16H16BrF2NO4. The predicted octanol–water partition coefficient (Wildman–Crippen LogP) is 3.39. The van der Waals surface area contributed by atoms with E-state index in [1.165, 1.54) is 12.1 Å². The largest absolute Gasteiger partial charge is 0.465 e. The molecule has 0 aromatic heterocycles. The molecule has 1 fully saturated rings. The third-order valence-corrected chi connectivity index (χ3v) is 4.72.